The second-order valence-corrected chi connectivity index (χ2v) is 9.03. The van der Waals surface area contributed by atoms with Crippen LogP contribution in [0.25, 0.3) is 0 Å². The SMILES string of the molecule is COc1c(C2C[C@@H](N)C3(CC3)C2)c(F)cc2c1C([C@@H]1C[C@@H]1F)C=C(C(=O)O)C2=O. The molecule has 3 N–H and O–H groups in total. The van der Waals surface area contributed by atoms with Gasteiger partial charge in [-0.25, -0.2) is 13.6 Å². The van der Waals surface area contributed by atoms with Gasteiger partial charge in [0.05, 0.1) is 7.11 Å². The molecule has 3 saturated carbocycles. The second-order valence-electron chi connectivity index (χ2n) is 9.03. The molecule has 5 nitrogen and oxygen atoms in total. The van der Waals surface area contributed by atoms with Gasteiger partial charge in [0.25, 0.3) is 0 Å². The number of ketones is 1. The van der Waals surface area contributed by atoms with E-state index in [1.54, 1.807) is 0 Å². The molecule has 0 aliphatic heterocycles. The Kier molecular flexibility index (Phi) is 3.95. The van der Waals surface area contributed by atoms with Crippen molar-refractivity contribution in [2.24, 2.45) is 17.1 Å². The van der Waals surface area contributed by atoms with Crippen molar-refractivity contribution in [2.75, 3.05) is 7.11 Å². The number of ether oxygens (including phenoxy) is 1. The normalized spacial score (nSPS) is 34.0. The smallest absolute Gasteiger partial charge is 0.339 e. The molecule has 0 saturated heterocycles. The maximum Gasteiger partial charge on any atom is 0.339 e. The number of hydrogen-bond acceptors (Lipinski definition) is 4. The van der Waals surface area contributed by atoms with Gasteiger partial charge in [-0.2, -0.15) is 0 Å². The van der Waals surface area contributed by atoms with Crippen molar-refractivity contribution in [3.63, 3.8) is 0 Å². The molecule has 0 radical (unpaired) electrons. The van der Waals surface area contributed by atoms with Crippen LogP contribution in [0.1, 0.15) is 65.4 Å². The number of methoxy groups -OCH3 is 1. The highest BCUT2D eigenvalue weighted by atomic mass is 19.1. The minimum absolute atomic E-state index is 0.00207. The highest BCUT2D eigenvalue weighted by Crippen LogP contribution is 2.63. The monoisotopic (exact) mass is 403 g/mol. The van der Waals surface area contributed by atoms with Crippen molar-refractivity contribution >= 4 is 11.8 Å². The zero-order valence-electron chi connectivity index (χ0n) is 16.1. The van der Waals surface area contributed by atoms with E-state index in [1.165, 1.54) is 13.2 Å². The molecule has 29 heavy (non-hydrogen) atoms. The average Bonchev–Trinajstić information content (AvgIpc) is 3.56. The quantitative estimate of drug-likeness (QED) is 0.752. The highest BCUT2D eigenvalue weighted by Gasteiger charge is 2.55. The molecule has 7 heteroatoms. The molecule has 1 aromatic carbocycles. The van der Waals surface area contributed by atoms with Crippen molar-refractivity contribution in [3.8, 4) is 5.75 Å². The van der Waals surface area contributed by atoms with E-state index in [0.717, 1.165) is 25.3 Å². The van der Waals surface area contributed by atoms with Crippen LogP contribution in [0.4, 0.5) is 8.78 Å². The van der Waals surface area contributed by atoms with E-state index >= 15 is 4.39 Å². The summed E-state index contributed by atoms with van der Waals surface area (Å²) in [5.41, 5.74) is 6.74. The Balaban J connectivity index is 1.67. The Hall–Kier alpha value is -2.28. The average molecular weight is 403 g/mol. The maximum absolute atomic E-state index is 15.3. The molecule has 2 unspecified atom stereocenters. The predicted molar refractivity (Wildman–Crippen MR) is 100 cm³/mol. The first-order valence-corrected chi connectivity index (χ1v) is 10.1. The maximum atomic E-state index is 15.3. The number of rotatable bonds is 4. The lowest BCUT2D eigenvalue weighted by Gasteiger charge is -2.28. The van der Waals surface area contributed by atoms with Crippen molar-refractivity contribution < 1.29 is 28.2 Å². The summed E-state index contributed by atoms with van der Waals surface area (Å²) < 4.78 is 34.9. The summed E-state index contributed by atoms with van der Waals surface area (Å²) in [7, 11) is 1.41. The van der Waals surface area contributed by atoms with Gasteiger partial charge in [-0.1, -0.05) is 6.08 Å². The molecule has 0 aromatic heterocycles. The van der Waals surface area contributed by atoms with E-state index in [0.29, 0.717) is 17.5 Å². The molecule has 154 valence electrons. The number of nitrogens with two attached hydrogens (primary N) is 1. The second kappa shape index (κ2) is 6.11. The van der Waals surface area contributed by atoms with E-state index in [-0.39, 0.29) is 35.1 Å². The van der Waals surface area contributed by atoms with Gasteiger partial charge >= 0.3 is 5.97 Å². The number of benzene rings is 1. The van der Waals surface area contributed by atoms with Crippen molar-refractivity contribution in [3.05, 3.63) is 40.2 Å². The van der Waals surface area contributed by atoms with Gasteiger partial charge in [0.1, 0.15) is 23.3 Å². The standard InChI is InChI=1S/C22H23F2NO4/c1-29-20-17(9-4-16(25)22(8-9)2-3-22)15(24)7-12-18(20)11(10-6-14(10)23)5-13(19(12)26)21(27)28/h5,7,9-11,14,16H,2-4,6,8,25H2,1H3,(H,27,28)/t9?,10-,11?,14-,16+/m0/s1. The zero-order chi connectivity index (χ0) is 20.7. The number of carbonyl (C=O) groups excluding carboxylic acids is 1. The lowest BCUT2D eigenvalue weighted by molar-refractivity contribution is -0.132. The van der Waals surface area contributed by atoms with Gasteiger partial charge < -0.3 is 15.6 Å². The molecule has 3 fully saturated rings. The summed E-state index contributed by atoms with van der Waals surface area (Å²) >= 11 is 0. The van der Waals surface area contributed by atoms with E-state index in [1.807, 2.05) is 0 Å². The molecular weight excluding hydrogens is 380 g/mol. The third kappa shape index (κ3) is 2.66. The summed E-state index contributed by atoms with van der Waals surface area (Å²) in [5, 5.41) is 9.42. The Morgan fingerprint density at radius 2 is 2.00 bits per heavy atom. The van der Waals surface area contributed by atoms with Crippen molar-refractivity contribution in [1.82, 2.24) is 0 Å². The van der Waals surface area contributed by atoms with Crippen molar-refractivity contribution in [2.45, 2.75) is 56.2 Å². The van der Waals surface area contributed by atoms with Gasteiger partial charge in [0.15, 0.2) is 0 Å². The number of carboxylic acids is 1. The number of Topliss-reactive ketones (excluding diaryl/α,β-unsaturated/α-hetero) is 1. The molecule has 0 bridgehead atoms. The zero-order valence-corrected chi connectivity index (χ0v) is 16.1. The van der Waals surface area contributed by atoms with Crippen LogP contribution in [0.5, 0.6) is 5.75 Å². The van der Waals surface area contributed by atoms with Gasteiger partial charge in [0, 0.05) is 34.6 Å². The van der Waals surface area contributed by atoms with Gasteiger partial charge in [0.2, 0.25) is 5.78 Å². The molecule has 0 amide bonds. The van der Waals surface area contributed by atoms with Crippen LogP contribution in [-0.2, 0) is 4.79 Å². The molecule has 5 atom stereocenters. The first-order valence-electron chi connectivity index (χ1n) is 10.1. The fraction of sp³-hybridized carbons (Fsp3) is 0.545. The molecule has 1 spiro atoms. The number of hydrogen-bond donors (Lipinski definition) is 2. The Morgan fingerprint density at radius 1 is 1.31 bits per heavy atom. The topological polar surface area (TPSA) is 89.6 Å². The van der Waals surface area contributed by atoms with Crippen LogP contribution in [-0.4, -0.2) is 36.2 Å². The van der Waals surface area contributed by atoms with Crippen LogP contribution in [0.15, 0.2) is 17.7 Å². The summed E-state index contributed by atoms with van der Waals surface area (Å²) in [6.45, 7) is 0. The van der Waals surface area contributed by atoms with Gasteiger partial charge in [-0.05, 0) is 49.5 Å². The van der Waals surface area contributed by atoms with E-state index in [4.69, 9.17) is 10.5 Å². The lowest BCUT2D eigenvalue weighted by Crippen LogP contribution is -2.25. The number of allylic oxidation sites excluding steroid dienone is 1. The minimum Gasteiger partial charge on any atom is -0.496 e. The number of aliphatic carboxylic acids is 1. The summed E-state index contributed by atoms with van der Waals surface area (Å²) in [4.78, 5) is 24.3. The van der Waals surface area contributed by atoms with Gasteiger partial charge in [-0.15, -0.1) is 0 Å². The van der Waals surface area contributed by atoms with Crippen molar-refractivity contribution in [1.29, 1.82) is 0 Å². The Morgan fingerprint density at radius 3 is 2.52 bits per heavy atom. The van der Waals surface area contributed by atoms with Crippen LogP contribution < -0.4 is 10.5 Å². The third-order valence-electron chi connectivity index (χ3n) is 7.41. The summed E-state index contributed by atoms with van der Waals surface area (Å²) in [6, 6.07) is 1.12. The Bertz CT molecular complexity index is 968. The van der Waals surface area contributed by atoms with Gasteiger partial charge in [-0.3, -0.25) is 4.79 Å². The fourth-order valence-electron chi connectivity index (χ4n) is 5.56. The van der Waals surface area contributed by atoms with Crippen LogP contribution in [0, 0.1) is 17.2 Å². The summed E-state index contributed by atoms with van der Waals surface area (Å²) in [5.74, 6) is -3.65. The van der Waals surface area contributed by atoms with Crippen LogP contribution in [0.3, 0.4) is 0 Å². The number of fused-ring (bicyclic) bond motifs is 1. The lowest BCUT2D eigenvalue weighted by atomic mass is 9.77. The minimum atomic E-state index is -1.39. The largest absolute Gasteiger partial charge is 0.496 e. The molecule has 1 aromatic rings. The highest BCUT2D eigenvalue weighted by molar-refractivity contribution is 6.25. The van der Waals surface area contributed by atoms with Crippen LogP contribution in [0.2, 0.25) is 0 Å². The first kappa shape index (κ1) is 18.7. The molecule has 4 aliphatic carbocycles. The first-order chi connectivity index (χ1) is 13.8. The summed E-state index contributed by atoms with van der Waals surface area (Å²) in [6.07, 6.45) is 4.02. The predicted octanol–water partition coefficient (Wildman–Crippen LogP) is 3.47. The number of halogens is 2. The van der Waals surface area contributed by atoms with E-state index in [9.17, 15) is 19.1 Å². The number of alkyl halides is 1. The molecule has 4 aliphatic rings. The molecule has 5 rings (SSSR count). The van der Waals surface area contributed by atoms with Crippen LogP contribution >= 0.6 is 0 Å². The third-order valence-corrected chi connectivity index (χ3v) is 7.41. The Labute approximate surface area is 166 Å². The molecule has 0 heterocycles. The van der Waals surface area contributed by atoms with E-state index in [2.05, 4.69) is 0 Å². The number of carboxylic acid groups (broad SMARTS) is 1. The number of carbonyl (C=O) groups is 2. The molecular formula is C22H23F2NO4. The van der Waals surface area contributed by atoms with E-state index < -0.39 is 41.2 Å². The fourth-order valence-corrected chi connectivity index (χ4v) is 5.56.